The maximum absolute atomic E-state index is 13.6. The molecule has 0 radical (unpaired) electrons. The van der Waals surface area contributed by atoms with E-state index < -0.39 is 0 Å². The molecule has 0 unspecified atom stereocenters. The van der Waals surface area contributed by atoms with Crippen LogP contribution in [-0.2, 0) is 0 Å². The van der Waals surface area contributed by atoms with Crippen molar-refractivity contribution >= 4 is 5.82 Å². The maximum atomic E-state index is 13.6. The highest BCUT2D eigenvalue weighted by molar-refractivity contribution is 5.68. The Morgan fingerprint density at radius 1 is 0.579 bits per heavy atom. The third kappa shape index (κ3) is 5.20. The van der Waals surface area contributed by atoms with Gasteiger partial charge in [0.2, 0.25) is 0 Å². The molecule has 0 bridgehead atoms. The largest absolute Gasteiger partial charge is 0.354 e. The average Bonchev–Trinajstić information content (AvgIpc) is 2.99. The zero-order valence-electron chi connectivity index (χ0n) is 21.1. The highest BCUT2D eigenvalue weighted by atomic mass is 19.1. The Bertz CT molecular complexity index is 1430. The Morgan fingerprint density at radius 2 is 1.13 bits per heavy atom. The van der Waals surface area contributed by atoms with Gasteiger partial charge in [-0.1, -0.05) is 91.0 Å². The minimum absolute atomic E-state index is 0.208. The fourth-order valence-electron chi connectivity index (χ4n) is 5.18. The predicted molar refractivity (Wildman–Crippen MR) is 151 cm³/mol. The van der Waals surface area contributed by atoms with Gasteiger partial charge in [-0.05, 0) is 35.4 Å². The second-order valence-corrected chi connectivity index (χ2v) is 9.55. The molecular formula is C33H29FN4. The lowest BCUT2D eigenvalue weighted by molar-refractivity contribution is 0.212. The van der Waals surface area contributed by atoms with Crippen LogP contribution in [0, 0.1) is 5.82 Å². The minimum atomic E-state index is -0.256. The Balaban J connectivity index is 1.30. The molecule has 5 aromatic rings. The summed E-state index contributed by atoms with van der Waals surface area (Å²) in [5.41, 5.74) is 5.24. The molecule has 4 aromatic carbocycles. The number of benzene rings is 4. The van der Waals surface area contributed by atoms with Crippen LogP contribution >= 0.6 is 0 Å². The van der Waals surface area contributed by atoms with Crippen molar-refractivity contribution in [1.29, 1.82) is 0 Å². The van der Waals surface area contributed by atoms with Crippen LogP contribution in [0.4, 0.5) is 10.2 Å². The van der Waals surface area contributed by atoms with Crippen LogP contribution in [0.3, 0.4) is 0 Å². The summed E-state index contributed by atoms with van der Waals surface area (Å²) >= 11 is 0. The SMILES string of the molecule is Fc1ccc(-c2cc(N3CCN(C(c4ccccc4)c4ccccc4)CC3)nc(-c3ccccc3)n2)cc1. The summed E-state index contributed by atoms with van der Waals surface area (Å²) in [6.45, 7) is 3.52. The molecule has 1 fully saturated rings. The normalized spacial score (nSPS) is 14.1. The molecule has 0 N–H and O–H groups in total. The first kappa shape index (κ1) is 24.0. The predicted octanol–water partition coefficient (Wildman–Crippen LogP) is 6.86. The number of anilines is 1. The van der Waals surface area contributed by atoms with Gasteiger partial charge in [0.1, 0.15) is 11.6 Å². The fraction of sp³-hybridized carbons (Fsp3) is 0.152. The van der Waals surface area contributed by atoms with E-state index in [0.29, 0.717) is 5.82 Å². The molecule has 0 aliphatic carbocycles. The Labute approximate surface area is 223 Å². The van der Waals surface area contributed by atoms with Gasteiger partial charge in [0, 0.05) is 43.4 Å². The van der Waals surface area contributed by atoms with Crippen LogP contribution in [0.5, 0.6) is 0 Å². The van der Waals surface area contributed by atoms with Crippen molar-refractivity contribution in [3.8, 4) is 22.6 Å². The van der Waals surface area contributed by atoms with Crippen molar-refractivity contribution in [2.45, 2.75) is 6.04 Å². The molecule has 4 nitrogen and oxygen atoms in total. The van der Waals surface area contributed by atoms with Crippen LogP contribution in [0.25, 0.3) is 22.6 Å². The van der Waals surface area contributed by atoms with Crippen molar-refractivity contribution in [2.75, 3.05) is 31.1 Å². The summed E-state index contributed by atoms with van der Waals surface area (Å²) in [5.74, 6) is 1.32. The minimum Gasteiger partial charge on any atom is -0.354 e. The van der Waals surface area contributed by atoms with E-state index in [1.54, 1.807) is 12.1 Å². The zero-order chi connectivity index (χ0) is 25.7. The number of hydrogen-bond acceptors (Lipinski definition) is 4. The molecule has 6 rings (SSSR count). The zero-order valence-corrected chi connectivity index (χ0v) is 21.1. The summed E-state index contributed by atoms with van der Waals surface area (Å²) < 4.78 is 13.6. The van der Waals surface area contributed by atoms with Crippen molar-refractivity contribution in [3.05, 3.63) is 138 Å². The van der Waals surface area contributed by atoms with E-state index >= 15 is 0 Å². The summed E-state index contributed by atoms with van der Waals surface area (Å²) in [5, 5.41) is 0. The molecule has 0 amide bonds. The van der Waals surface area contributed by atoms with E-state index in [9.17, 15) is 4.39 Å². The number of rotatable bonds is 6. The van der Waals surface area contributed by atoms with E-state index in [2.05, 4.69) is 70.5 Å². The van der Waals surface area contributed by atoms with Gasteiger partial charge < -0.3 is 4.90 Å². The van der Waals surface area contributed by atoms with Gasteiger partial charge in [0.05, 0.1) is 11.7 Å². The van der Waals surface area contributed by atoms with Gasteiger partial charge in [-0.15, -0.1) is 0 Å². The second kappa shape index (κ2) is 11.0. The molecule has 2 heterocycles. The highest BCUT2D eigenvalue weighted by Gasteiger charge is 2.27. The molecule has 0 saturated carbocycles. The maximum Gasteiger partial charge on any atom is 0.162 e. The van der Waals surface area contributed by atoms with E-state index in [-0.39, 0.29) is 11.9 Å². The first-order chi connectivity index (χ1) is 18.7. The van der Waals surface area contributed by atoms with Crippen molar-refractivity contribution in [3.63, 3.8) is 0 Å². The van der Waals surface area contributed by atoms with Crippen LogP contribution in [0.15, 0.2) is 121 Å². The molecule has 0 spiro atoms. The van der Waals surface area contributed by atoms with Crippen LogP contribution in [0.1, 0.15) is 17.2 Å². The van der Waals surface area contributed by atoms with Gasteiger partial charge in [-0.2, -0.15) is 0 Å². The van der Waals surface area contributed by atoms with E-state index in [0.717, 1.165) is 48.8 Å². The van der Waals surface area contributed by atoms with E-state index in [1.807, 2.05) is 36.4 Å². The molecule has 5 heteroatoms. The van der Waals surface area contributed by atoms with Gasteiger partial charge in [0.15, 0.2) is 5.82 Å². The lowest BCUT2D eigenvalue weighted by atomic mass is 9.96. The quantitative estimate of drug-likeness (QED) is 0.255. The summed E-state index contributed by atoms with van der Waals surface area (Å²) in [4.78, 5) is 14.7. The summed E-state index contributed by atoms with van der Waals surface area (Å²) in [7, 11) is 0. The Kier molecular flexibility index (Phi) is 6.92. The van der Waals surface area contributed by atoms with Crippen molar-refractivity contribution in [2.24, 2.45) is 0 Å². The van der Waals surface area contributed by atoms with Gasteiger partial charge >= 0.3 is 0 Å². The smallest absolute Gasteiger partial charge is 0.162 e. The van der Waals surface area contributed by atoms with E-state index in [1.165, 1.54) is 23.3 Å². The summed E-state index contributed by atoms with van der Waals surface area (Å²) in [6, 6.07) is 40.2. The number of halogens is 1. The molecule has 1 aliphatic heterocycles. The Morgan fingerprint density at radius 3 is 1.71 bits per heavy atom. The molecule has 0 atom stereocenters. The fourth-order valence-corrected chi connectivity index (χ4v) is 5.18. The van der Waals surface area contributed by atoms with Crippen molar-refractivity contribution < 1.29 is 4.39 Å². The van der Waals surface area contributed by atoms with E-state index in [4.69, 9.17) is 9.97 Å². The van der Waals surface area contributed by atoms with Crippen LogP contribution < -0.4 is 4.90 Å². The molecular weight excluding hydrogens is 471 g/mol. The van der Waals surface area contributed by atoms with Crippen molar-refractivity contribution in [1.82, 2.24) is 14.9 Å². The molecule has 38 heavy (non-hydrogen) atoms. The third-order valence-corrected chi connectivity index (χ3v) is 7.12. The standard InChI is InChI=1S/C33H29FN4/c34-29-18-16-25(17-19-29)30-24-31(36-33(35-30)28-14-8-3-9-15-28)37-20-22-38(23-21-37)32(26-10-4-1-5-11-26)27-12-6-2-7-13-27/h1-19,24,32H,20-23H2. The highest BCUT2D eigenvalue weighted by Crippen LogP contribution is 2.31. The van der Waals surface area contributed by atoms with Gasteiger partial charge in [0.25, 0.3) is 0 Å². The van der Waals surface area contributed by atoms with Gasteiger partial charge in [-0.3, -0.25) is 4.90 Å². The number of nitrogens with zero attached hydrogens (tertiary/aromatic N) is 4. The third-order valence-electron chi connectivity index (χ3n) is 7.12. The number of hydrogen-bond donors (Lipinski definition) is 0. The first-order valence-electron chi connectivity index (χ1n) is 13.0. The van der Waals surface area contributed by atoms with Crippen LogP contribution in [-0.4, -0.2) is 41.0 Å². The molecule has 1 aromatic heterocycles. The molecule has 1 saturated heterocycles. The van der Waals surface area contributed by atoms with Gasteiger partial charge in [-0.25, -0.2) is 14.4 Å². The summed E-state index contributed by atoms with van der Waals surface area (Å²) in [6.07, 6.45) is 0. The van der Waals surface area contributed by atoms with Crippen LogP contribution in [0.2, 0.25) is 0 Å². The Hall–Kier alpha value is -4.35. The second-order valence-electron chi connectivity index (χ2n) is 9.55. The average molecular weight is 501 g/mol. The number of piperazine rings is 1. The topological polar surface area (TPSA) is 32.3 Å². The molecule has 1 aliphatic rings. The first-order valence-corrected chi connectivity index (χ1v) is 13.0. The lowest BCUT2D eigenvalue weighted by Crippen LogP contribution is -2.48. The monoisotopic (exact) mass is 500 g/mol. The lowest BCUT2D eigenvalue weighted by Gasteiger charge is -2.40. The number of aromatic nitrogens is 2. The molecule has 188 valence electrons.